The van der Waals surface area contributed by atoms with Crippen molar-refractivity contribution in [2.75, 3.05) is 43.1 Å². The molecule has 0 aromatic heterocycles. The van der Waals surface area contributed by atoms with Gasteiger partial charge < -0.3 is 20.3 Å². The second kappa shape index (κ2) is 9.44. The molecule has 1 aromatic carbocycles. The number of hydrogen-bond donors (Lipinski definition) is 2. The second-order valence-electron chi connectivity index (χ2n) is 9.13. The quantitative estimate of drug-likeness (QED) is 0.628. The minimum atomic E-state index is -4.59. The number of imide groups is 1. The van der Waals surface area contributed by atoms with Gasteiger partial charge in [-0.3, -0.25) is 14.5 Å². The normalized spacial score (nSPS) is 25.6. The number of halogens is 3. The summed E-state index contributed by atoms with van der Waals surface area (Å²) in [5.74, 6) is -0.677. The van der Waals surface area contributed by atoms with Crippen molar-refractivity contribution in [3.05, 3.63) is 23.8 Å². The molecule has 3 fully saturated rings. The third-order valence-corrected chi connectivity index (χ3v) is 7.03. The maximum Gasteiger partial charge on any atom is 0.416 e. The molecule has 8 nitrogen and oxygen atoms in total. The molecular formula is C23H29F3N4O4. The van der Waals surface area contributed by atoms with Gasteiger partial charge in [-0.2, -0.15) is 13.2 Å². The molecule has 4 rings (SSSR count). The Balaban J connectivity index is 1.50. The predicted molar refractivity (Wildman–Crippen MR) is 118 cm³/mol. The van der Waals surface area contributed by atoms with Crippen LogP contribution in [0.4, 0.5) is 29.3 Å². The fourth-order valence-electron chi connectivity index (χ4n) is 4.96. The Morgan fingerprint density at radius 1 is 1.21 bits per heavy atom. The van der Waals surface area contributed by atoms with Crippen LogP contribution in [0.1, 0.15) is 44.6 Å². The third-order valence-electron chi connectivity index (χ3n) is 7.03. The van der Waals surface area contributed by atoms with E-state index >= 15 is 0 Å². The summed E-state index contributed by atoms with van der Waals surface area (Å²) < 4.78 is 45.2. The summed E-state index contributed by atoms with van der Waals surface area (Å²) in [6.07, 6.45) is -0.915. The lowest BCUT2D eigenvalue weighted by Crippen LogP contribution is -2.49. The highest BCUT2D eigenvalue weighted by Gasteiger charge is 2.52. The maximum atomic E-state index is 13.3. The highest BCUT2D eigenvalue weighted by molar-refractivity contribution is 6.10. The molecule has 0 unspecified atom stereocenters. The van der Waals surface area contributed by atoms with Crippen molar-refractivity contribution in [2.45, 2.75) is 50.7 Å². The number of nitrogens with zero attached hydrogens (tertiary/aromatic N) is 2. The van der Waals surface area contributed by atoms with Gasteiger partial charge in [-0.25, -0.2) is 4.79 Å². The largest absolute Gasteiger partial charge is 0.416 e. The number of carbonyl (C=O) groups excluding carboxylic acids is 3. The number of carbonyl (C=O) groups is 3. The number of ether oxygens (including phenoxy) is 1. The van der Waals surface area contributed by atoms with Crippen LogP contribution in [-0.4, -0.2) is 61.1 Å². The van der Waals surface area contributed by atoms with Gasteiger partial charge in [0.25, 0.3) is 5.91 Å². The molecule has 2 aliphatic heterocycles. The van der Waals surface area contributed by atoms with E-state index in [1.807, 2.05) is 4.90 Å². The molecule has 186 valence electrons. The lowest BCUT2D eigenvalue weighted by Gasteiger charge is -2.34. The summed E-state index contributed by atoms with van der Waals surface area (Å²) in [5.41, 5.74) is -1.48. The molecule has 34 heavy (non-hydrogen) atoms. The number of anilines is 2. The van der Waals surface area contributed by atoms with Crippen molar-refractivity contribution in [2.24, 2.45) is 5.92 Å². The fourth-order valence-corrected chi connectivity index (χ4v) is 4.96. The summed E-state index contributed by atoms with van der Waals surface area (Å²) >= 11 is 0. The van der Waals surface area contributed by atoms with Gasteiger partial charge in [-0.05, 0) is 49.8 Å². The van der Waals surface area contributed by atoms with Gasteiger partial charge in [-0.15, -0.1) is 0 Å². The Morgan fingerprint density at radius 2 is 1.88 bits per heavy atom. The molecule has 1 spiro atoms. The molecule has 1 aromatic rings. The Hall–Kier alpha value is -2.82. The Kier molecular flexibility index (Phi) is 6.75. The van der Waals surface area contributed by atoms with Gasteiger partial charge in [0.2, 0.25) is 5.91 Å². The molecule has 0 bridgehead atoms. The van der Waals surface area contributed by atoms with E-state index in [4.69, 9.17) is 4.74 Å². The summed E-state index contributed by atoms with van der Waals surface area (Å²) in [6.45, 7) is 3.27. The first kappa shape index (κ1) is 24.3. The molecular weight excluding hydrogens is 453 g/mol. The monoisotopic (exact) mass is 482 g/mol. The van der Waals surface area contributed by atoms with Crippen LogP contribution in [0, 0.1) is 5.92 Å². The van der Waals surface area contributed by atoms with Gasteiger partial charge in [0.05, 0.1) is 30.2 Å². The lowest BCUT2D eigenvalue weighted by atomic mass is 9.75. The van der Waals surface area contributed by atoms with Gasteiger partial charge in [0, 0.05) is 13.1 Å². The maximum absolute atomic E-state index is 13.3. The summed E-state index contributed by atoms with van der Waals surface area (Å²) in [6, 6.07) is 2.52. The highest BCUT2D eigenvalue weighted by atomic mass is 19.4. The average Bonchev–Trinajstić information content (AvgIpc) is 3.03. The van der Waals surface area contributed by atoms with Gasteiger partial charge in [0.15, 0.2) is 0 Å². The van der Waals surface area contributed by atoms with E-state index in [0.29, 0.717) is 50.8 Å². The van der Waals surface area contributed by atoms with Gasteiger partial charge >= 0.3 is 12.2 Å². The standard InChI is InChI=1S/C23H29F3N4O4/c1-2-15-5-7-22(8-6-15)20(32)30(21(33)28-22)14-19(31)27-17-13-16(23(24,25)26)3-4-18(17)29-9-11-34-12-10-29/h3-4,13,15H,2,5-12,14H2,1H3,(H,27,31)(H,28,33). The van der Waals surface area contributed by atoms with E-state index in [-0.39, 0.29) is 5.69 Å². The Morgan fingerprint density at radius 3 is 2.50 bits per heavy atom. The topological polar surface area (TPSA) is 91.0 Å². The van der Waals surface area contributed by atoms with Crippen LogP contribution in [0.25, 0.3) is 0 Å². The van der Waals surface area contributed by atoms with Crippen LogP contribution in [0.2, 0.25) is 0 Å². The van der Waals surface area contributed by atoms with E-state index in [1.54, 1.807) is 0 Å². The molecule has 2 heterocycles. The highest BCUT2D eigenvalue weighted by Crippen LogP contribution is 2.38. The van der Waals surface area contributed by atoms with Crippen molar-refractivity contribution in [3.63, 3.8) is 0 Å². The Bertz CT molecular complexity index is 954. The van der Waals surface area contributed by atoms with Crippen molar-refractivity contribution in [1.29, 1.82) is 0 Å². The predicted octanol–water partition coefficient (Wildman–Crippen LogP) is 3.37. The summed E-state index contributed by atoms with van der Waals surface area (Å²) in [5, 5.41) is 5.26. The van der Waals surface area contributed by atoms with Gasteiger partial charge in [-0.1, -0.05) is 13.3 Å². The summed E-state index contributed by atoms with van der Waals surface area (Å²) in [7, 11) is 0. The number of rotatable bonds is 5. The molecule has 0 atom stereocenters. The van der Waals surface area contributed by atoms with Crippen LogP contribution < -0.4 is 15.5 Å². The zero-order valence-corrected chi connectivity index (χ0v) is 19.0. The van der Waals surface area contributed by atoms with Crippen LogP contribution in [-0.2, 0) is 20.5 Å². The van der Waals surface area contributed by atoms with Crippen LogP contribution in [0.5, 0.6) is 0 Å². The second-order valence-corrected chi connectivity index (χ2v) is 9.13. The Labute approximate surface area is 195 Å². The van der Waals surface area contributed by atoms with Crippen LogP contribution in [0.15, 0.2) is 18.2 Å². The molecule has 3 aliphatic rings. The van der Waals surface area contributed by atoms with Crippen molar-refractivity contribution >= 4 is 29.2 Å². The van der Waals surface area contributed by atoms with E-state index in [1.165, 1.54) is 6.07 Å². The molecule has 1 aliphatic carbocycles. The minimum Gasteiger partial charge on any atom is -0.378 e. The first-order chi connectivity index (χ1) is 16.1. The number of alkyl halides is 3. The molecule has 4 amide bonds. The molecule has 2 saturated heterocycles. The molecule has 0 radical (unpaired) electrons. The van der Waals surface area contributed by atoms with Crippen LogP contribution in [0.3, 0.4) is 0 Å². The third kappa shape index (κ3) is 4.84. The number of urea groups is 1. The number of benzene rings is 1. The lowest BCUT2D eigenvalue weighted by molar-refractivity contribution is -0.137. The van der Waals surface area contributed by atoms with E-state index in [2.05, 4.69) is 17.6 Å². The smallest absolute Gasteiger partial charge is 0.378 e. The number of nitrogens with one attached hydrogen (secondary N) is 2. The molecule has 1 saturated carbocycles. The van der Waals surface area contributed by atoms with E-state index in [9.17, 15) is 27.6 Å². The van der Waals surface area contributed by atoms with E-state index < -0.39 is 41.7 Å². The number of morpholine rings is 1. The average molecular weight is 483 g/mol. The molecule has 2 N–H and O–H groups in total. The number of hydrogen-bond acceptors (Lipinski definition) is 5. The fraction of sp³-hybridized carbons (Fsp3) is 0.609. The zero-order valence-electron chi connectivity index (χ0n) is 19.0. The van der Waals surface area contributed by atoms with Crippen molar-refractivity contribution < 1.29 is 32.3 Å². The minimum absolute atomic E-state index is 0.0213. The zero-order chi connectivity index (χ0) is 24.5. The van der Waals surface area contributed by atoms with Crippen molar-refractivity contribution in [3.8, 4) is 0 Å². The first-order valence-electron chi connectivity index (χ1n) is 11.6. The molecule has 11 heteroatoms. The van der Waals surface area contributed by atoms with E-state index in [0.717, 1.165) is 36.3 Å². The van der Waals surface area contributed by atoms with Gasteiger partial charge in [0.1, 0.15) is 12.1 Å². The first-order valence-corrected chi connectivity index (χ1v) is 11.6. The van der Waals surface area contributed by atoms with Crippen LogP contribution >= 0.6 is 0 Å². The van der Waals surface area contributed by atoms with Crippen molar-refractivity contribution in [1.82, 2.24) is 10.2 Å². The summed E-state index contributed by atoms with van der Waals surface area (Å²) in [4.78, 5) is 41.1. The number of amides is 4. The SMILES string of the molecule is CCC1CCC2(CC1)NC(=O)N(CC(=O)Nc1cc(C(F)(F)F)ccc1N1CCOCC1)C2=O.